The summed E-state index contributed by atoms with van der Waals surface area (Å²) in [6.45, 7) is 8.52. The summed E-state index contributed by atoms with van der Waals surface area (Å²) in [6, 6.07) is 7.45. The highest BCUT2D eigenvalue weighted by Crippen LogP contribution is 2.37. The third kappa shape index (κ3) is 3.36. The van der Waals surface area contributed by atoms with Crippen molar-refractivity contribution in [2.45, 2.75) is 52.1 Å². The van der Waals surface area contributed by atoms with Gasteiger partial charge in [0.15, 0.2) is 0 Å². The Bertz CT molecular complexity index is 445. The number of rotatable bonds is 3. The van der Waals surface area contributed by atoms with Gasteiger partial charge in [0.05, 0.1) is 0 Å². The minimum Gasteiger partial charge on any atom is -0.330 e. The molecule has 3 heteroatoms. The van der Waals surface area contributed by atoms with Crippen LogP contribution in [-0.4, -0.2) is 24.0 Å². The predicted octanol–water partition coefficient (Wildman–Crippen LogP) is 4.16. The van der Waals surface area contributed by atoms with Gasteiger partial charge in [0.2, 0.25) is 0 Å². The van der Waals surface area contributed by atoms with E-state index in [9.17, 15) is 0 Å². The number of benzene rings is 1. The lowest BCUT2D eigenvalue weighted by atomic mass is 9.88. The maximum Gasteiger partial charge on any atom is 0.0438 e. The van der Waals surface area contributed by atoms with Gasteiger partial charge in [-0.05, 0) is 69.8 Å². The molecule has 2 atom stereocenters. The largest absolute Gasteiger partial charge is 0.330 e. The fraction of sp³-hybridized carbons (Fsp3) is 0.647. The molecular weight excluding hydrogens is 268 g/mol. The van der Waals surface area contributed by atoms with Crippen molar-refractivity contribution >= 4 is 11.6 Å². The maximum atomic E-state index is 6.34. The highest BCUT2D eigenvalue weighted by Gasteiger charge is 2.31. The van der Waals surface area contributed by atoms with E-state index < -0.39 is 0 Å². The van der Waals surface area contributed by atoms with Crippen molar-refractivity contribution in [3.63, 3.8) is 0 Å². The first-order chi connectivity index (χ1) is 9.54. The monoisotopic (exact) mass is 294 g/mol. The summed E-state index contributed by atoms with van der Waals surface area (Å²) in [5, 5.41) is 0.867. The number of nitrogens with two attached hydrogens (primary N) is 1. The van der Waals surface area contributed by atoms with E-state index in [1.165, 1.54) is 24.8 Å². The number of aryl methyl sites for hydroxylation is 1. The second kappa shape index (κ2) is 6.93. The lowest BCUT2D eigenvalue weighted by molar-refractivity contribution is 0.121. The highest BCUT2D eigenvalue weighted by molar-refractivity contribution is 6.31. The Morgan fingerprint density at radius 1 is 1.35 bits per heavy atom. The number of hydrogen-bond donors (Lipinski definition) is 1. The molecule has 0 radical (unpaired) electrons. The molecule has 2 unspecified atom stereocenters. The van der Waals surface area contributed by atoms with E-state index in [1.807, 2.05) is 0 Å². The van der Waals surface area contributed by atoms with Crippen LogP contribution in [0.4, 0.5) is 0 Å². The molecule has 1 aromatic carbocycles. The molecule has 1 aliphatic rings. The van der Waals surface area contributed by atoms with E-state index in [-0.39, 0.29) is 0 Å². The smallest absolute Gasteiger partial charge is 0.0438 e. The van der Waals surface area contributed by atoms with Gasteiger partial charge in [-0.1, -0.05) is 30.2 Å². The second-order valence-electron chi connectivity index (χ2n) is 6.28. The average Bonchev–Trinajstić information content (AvgIpc) is 2.64. The minimum atomic E-state index is 0.403. The zero-order valence-electron chi connectivity index (χ0n) is 12.9. The number of nitrogens with zero attached hydrogens (tertiary/aromatic N) is 1. The Hall–Kier alpha value is -0.570. The van der Waals surface area contributed by atoms with Crippen LogP contribution in [0.1, 0.15) is 50.3 Å². The molecule has 0 aliphatic carbocycles. The standard InChI is InChI=1S/C17H27ClN2/c1-12(2)20-9-5-4-6-15(11-19)17(20)14-8-7-13(3)16(18)10-14/h7-8,10,12,15,17H,4-6,9,11,19H2,1-3H3. The zero-order chi connectivity index (χ0) is 14.7. The molecule has 1 heterocycles. The minimum absolute atomic E-state index is 0.403. The van der Waals surface area contributed by atoms with Gasteiger partial charge >= 0.3 is 0 Å². The summed E-state index contributed by atoms with van der Waals surface area (Å²) < 4.78 is 0. The third-order valence-electron chi connectivity index (χ3n) is 4.55. The second-order valence-corrected chi connectivity index (χ2v) is 6.68. The third-order valence-corrected chi connectivity index (χ3v) is 4.96. The van der Waals surface area contributed by atoms with Gasteiger partial charge in [-0.25, -0.2) is 0 Å². The molecule has 1 saturated heterocycles. The van der Waals surface area contributed by atoms with Crippen LogP contribution in [0.25, 0.3) is 0 Å². The Morgan fingerprint density at radius 2 is 2.10 bits per heavy atom. The Labute approximate surface area is 128 Å². The normalized spacial score (nSPS) is 24.9. The molecule has 2 nitrogen and oxygen atoms in total. The van der Waals surface area contributed by atoms with Crippen LogP contribution < -0.4 is 5.73 Å². The first-order valence-electron chi connectivity index (χ1n) is 7.76. The average molecular weight is 295 g/mol. The van der Waals surface area contributed by atoms with Gasteiger partial charge in [0.1, 0.15) is 0 Å². The molecule has 112 valence electrons. The van der Waals surface area contributed by atoms with Crippen LogP contribution in [0, 0.1) is 12.8 Å². The summed E-state index contributed by atoms with van der Waals surface area (Å²) in [4.78, 5) is 2.60. The summed E-state index contributed by atoms with van der Waals surface area (Å²) in [6.07, 6.45) is 3.77. The van der Waals surface area contributed by atoms with E-state index >= 15 is 0 Å². The molecule has 0 aromatic heterocycles. The number of hydrogen-bond acceptors (Lipinski definition) is 2. The predicted molar refractivity (Wildman–Crippen MR) is 87.2 cm³/mol. The summed E-state index contributed by atoms with van der Waals surface area (Å²) in [7, 11) is 0. The SMILES string of the molecule is Cc1ccc(C2C(CN)CCCCN2C(C)C)cc1Cl. The molecule has 0 saturated carbocycles. The van der Waals surface area contributed by atoms with Gasteiger partial charge < -0.3 is 5.73 Å². The van der Waals surface area contributed by atoms with Crippen LogP contribution in [0.3, 0.4) is 0 Å². The first-order valence-corrected chi connectivity index (χ1v) is 8.14. The number of halogens is 1. The quantitative estimate of drug-likeness (QED) is 0.907. The molecule has 2 N–H and O–H groups in total. The fourth-order valence-electron chi connectivity index (χ4n) is 3.35. The molecule has 0 spiro atoms. The zero-order valence-corrected chi connectivity index (χ0v) is 13.7. The van der Waals surface area contributed by atoms with Crippen molar-refractivity contribution < 1.29 is 0 Å². The van der Waals surface area contributed by atoms with Crippen molar-refractivity contribution in [3.8, 4) is 0 Å². The van der Waals surface area contributed by atoms with Gasteiger partial charge in [-0.3, -0.25) is 4.90 Å². The van der Waals surface area contributed by atoms with Crippen molar-refractivity contribution in [3.05, 3.63) is 34.3 Å². The van der Waals surface area contributed by atoms with E-state index in [4.69, 9.17) is 17.3 Å². The van der Waals surface area contributed by atoms with Crippen LogP contribution in [0.2, 0.25) is 5.02 Å². The van der Waals surface area contributed by atoms with Crippen LogP contribution in [0.15, 0.2) is 18.2 Å². The summed E-state index contributed by atoms with van der Waals surface area (Å²) in [5.41, 5.74) is 8.54. The Kier molecular flexibility index (Phi) is 5.48. The molecule has 20 heavy (non-hydrogen) atoms. The lowest BCUT2D eigenvalue weighted by Crippen LogP contribution is -2.39. The van der Waals surface area contributed by atoms with Crippen molar-refractivity contribution in [2.75, 3.05) is 13.1 Å². The van der Waals surface area contributed by atoms with E-state index in [0.717, 1.165) is 23.7 Å². The Balaban J connectivity index is 2.40. The van der Waals surface area contributed by atoms with Gasteiger partial charge in [0, 0.05) is 17.1 Å². The number of likely N-dealkylation sites (tertiary alicyclic amines) is 1. The van der Waals surface area contributed by atoms with Crippen LogP contribution in [-0.2, 0) is 0 Å². The van der Waals surface area contributed by atoms with Crippen LogP contribution >= 0.6 is 11.6 Å². The summed E-state index contributed by atoms with van der Waals surface area (Å²) in [5.74, 6) is 0.527. The van der Waals surface area contributed by atoms with Crippen molar-refractivity contribution in [1.29, 1.82) is 0 Å². The maximum absolute atomic E-state index is 6.34. The van der Waals surface area contributed by atoms with E-state index in [2.05, 4.69) is 43.9 Å². The van der Waals surface area contributed by atoms with E-state index in [0.29, 0.717) is 18.0 Å². The van der Waals surface area contributed by atoms with Crippen molar-refractivity contribution in [1.82, 2.24) is 4.90 Å². The summed E-state index contributed by atoms with van der Waals surface area (Å²) >= 11 is 6.34. The van der Waals surface area contributed by atoms with Gasteiger partial charge in [-0.2, -0.15) is 0 Å². The Morgan fingerprint density at radius 3 is 2.70 bits per heavy atom. The first kappa shape index (κ1) is 15.8. The lowest BCUT2D eigenvalue weighted by Gasteiger charge is -2.38. The molecule has 1 aromatic rings. The highest BCUT2D eigenvalue weighted by atomic mass is 35.5. The molecule has 0 amide bonds. The molecule has 2 rings (SSSR count). The van der Waals surface area contributed by atoms with Crippen LogP contribution in [0.5, 0.6) is 0 Å². The van der Waals surface area contributed by atoms with Gasteiger partial charge in [0.25, 0.3) is 0 Å². The fourth-order valence-corrected chi connectivity index (χ4v) is 3.54. The molecular formula is C17H27ClN2. The van der Waals surface area contributed by atoms with Crippen molar-refractivity contribution in [2.24, 2.45) is 11.7 Å². The molecule has 1 fully saturated rings. The van der Waals surface area contributed by atoms with E-state index in [1.54, 1.807) is 0 Å². The molecule has 1 aliphatic heterocycles. The van der Waals surface area contributed by atoms with Gasteiger partial charge in [-0.15, -0.1) is 0 Å². The molecule has 0 bridgehead atoms. The topological polar surface area (TPSA) is 29.3 Å².